The molecule has 24 heavy (non-hydrogen) atoms. The fourth-order valence-electron chi connectivity index (χ4n) is 4.05. The number of methoxy groups -OCH3 is 1. The lowest BCUT2D eigenvalue weighted by molar-refractivity contribution is -0.120. The van der Waals surface area contributed by atoms with Crippen molar-refractivity contribution >= 4 is 16.7 Å². The van der Waals surface area contributed by atoms with Gasteiger partial charge in [-0.3, -0.25) is 4.79 Å². The molecule has 1 unspecified atom stereocenters. The maximum Gasteiger partial charge on any atom is 0.254 e. The van der Waals surface area contributed by atoms with E-state index in [2.05, 4.69) is 6.07 Å². The summed E-state index contributed by atoms with van der Waals surface area (Å²) in [6, 6.07) is 14.1. The average molecular weight is 325 g/mol. The van der Waals surface area contributed by atoms with E-state index in [-0.39, 0.29) is 11.5 Å². The molecule has 4 heteroatoms. The Morgan fingerprint density at radius 3 is 2.83 bits per heavy atom. The van der Waals surface area contributed by atoms with Gasteiger partial charge in [-0.05, 0) is 41.7 Å². The zero-order chi connectivity index (χ0) is 16.6. The number of rotatable bonds is 4. The van der Waals surface area contributed by atoms with Crippen molar-refractivity contribution in [3.05, 3.63) is 48.0 Å². The van der Waals surface area contributed by atoms with Gasteiger partial charge >= 0.3 is 0 Å². The highest BCUT2D eigenvalue weighted by atomic mass is 16.5. The van der Waals surface area contributed by atoms with Gasteiger partial charge in [-0.2, -0.15) is 0 Å². The first kappa shape index (κ1) is 15.6. The highest BCUT2D eigenvalue weighted by Crippen LogP contribution is 2.42. The lowest BCUT2D eigenvalue weighted by atomic mass is 9.79. The van der Waals surface area contributed by atoms with Gasteiger partial charge < -0.3 is 14.4 Å². The Balaban J connectivity index is 1.46. The number of hydrogen-bond acceptors (Lipinski definition) is 3. The molecule has 2 heterocycles. The monoisotopic (exact) mass is 325 g/mol. The Hall–Kier alpha value is -1.91. The number of nitrogens with zero attached hydrogens (tertiary/aromatic N) is 1. The molecule has 1 amide bonds. The van der Waals surface area contributed by atoms with Gasteiger partial charge in [0.15, 0.2) is 0 Å². The Morgan fingerprint density at radius 1 is 1.25 bits per heavy atom. The van der Waals surface area contributed by atoms with E-state index in [0.29, 0.717) is 19.0 Å². The Morgan fingerprint density at radius 2 is 2.04 bits per heavy atom. The Kier molecular flexibility index (Phi) is 4.02. The van der Waals surface area contributed by atoms with E-state index in [1.54, 1.807) is 7.11 Å². The molecule has 0 aromatic heterocycles. The summed E-state index contributed by atoms with van der Waals surface area (Å²) in [7, 11) is 1.73. The molecule has 2 aliphatic heterocycles. The van der Waals surface area contributed by atoms with Crippen LogP contribution in [0, 0.1) is 5.92 Å². The van der Waals surface area contributed by atoms with Crippen molar-refractivity contribution in [2.24, 2.45) is 5.92 Å². The molecule has 0 bridgehead atoms. The normalized spacial score (nSPS) is 22.0. The second-order valence-corrected chi connectivity index (χ2v) is 6.90. The smallest absolute Gasteiger partial charge is 0.254 e. The Labute approximate surface area is 142 Å². The van der Waals surface area contributed by atoms with Crippen molar-refractivity contribution in [1.29, 1.82) is 0 Å². The lowest BCUT2D eigenvalue weighted by Crippen LogP contribution is -2.66. The Bertz CT molecular complexity index is 751. The summed E-state index contributed by atoms with van der Waals surface area (Å²) >= 11 is 0. The number of carbonyl (C=O) groups is 1. The number of hydrogen-bond donors (Lipinski definition) is 0. The van der Waals surface area contributed by atoms with Crippen molar-refractivity contribution < 1.29 is 14.3 Å². The number of fused-ring (bicyclic) bond motifs is 1. The van der Waals surface area contributed by atoms with Crippen molar-refractivity contribution in [2.45, 2.75) is 18.4 Å². The van der Waals surface area contributed by atoms with Crippen molar-refractivity contribution in [3.8, 4) is 0 Å². The van der Waals surface area contributed by atoms with E-state index < -0.39 is 0 Å². The third kappa shape index (κ3) is 2.60. The third-order valence-electron chi connectivity index (χ3n) is 5.47. The van der Waals surface area contributed by atoms with Crippen LogP contribution in [0.4, 0.5) is 0 Å². The highest BCUT2D eigenvalue weighted by Gasteiger charge is 2.54. The summed E-state index contributed by atoms with van der Waals surface area (Å²) in [6.07, 6.45) is 2.08. The molecule has 2 aromatic carbocycles. The minimum Gasteiger partial charge on any atom is -0.385 e. The molecule has 4 rings (SSSR count). The summed E-state index contributed by atoms with van der Waals surface area (Å²) in [5.41, 5.74) is 0.625. The topological polar surface area (TPSA) is 38.8 Å². The predicted molar refractivity (Wildman–Crippen MR) is 93.1 cm³/mol. The number of carbonyl (C=O) groups excluding carboxylic acids is 1. The molecule has 2 fully saturated rings. The van der Waals surface area contributed by atoms with Crippen molar-refractivity contribution in [3.63, 3.8) is 0 Å². The lowest BCUT2D eigenvalue weighted by Gasteiger charge is -2.50. The first-order valence-corrected chi connectivity index (χ1v) is 8.63. The number of ether oxygens (including phenoxy) is 2. The van der Waals surface area contributed by atoms with Crippen LogP contribution in [-0.4, -0.2) is 49.8 Å². The first-order valence-electron chi connectivity index (χ1n) is 8.63. The molecule has 126 valence electrons. The third-order valence-corrected chi connectivity index (χ3v) is 5.47. The van der Waals surface area contributed by atoms with Gasteiger partial charge in [0.05, 0.1) is 13.1 Å². The number of benzene rings is 2. The maximum atomic E-state index is 12.8. The van der Waals surface area contributed by atoms with Gasteiger partial charge in [-0.25, -0.2) is 0 Å². The van der Waals surface area contributed by atoms with E-state index in [1.165, 1.54) is 0 Å². The van der Waals surface area contributed by atoms with E-state index >= 15 is 0 Å². The molecule has 0 N–H and O–H groups in total. The number of likely N-dealkylation sites (tertiary alicyclic amines) is 1. The van der Waals surface area contributed by atoms with E-state index in [1.807, 2.05) is 41.3 Å². The summed E-state index contributed by atoms with van der Waals surface area (Å²) in [5.74, 6) is 0.602. The molecule has 0 aliphatic carbocycles. The molecule has 2 saturated heterocycles. The van der Waals surface area contributed by atoms with Gasteiger partial charge in [0, 0.05) is 25.9 Å². The van der Waals surface area contributed by atoms with Gasteiger partial charge in [-0.15, -0.1) is 0 Å². The van der Waals surface area contributed by atoms with E-state index in [9.17, 15) is 4.79 Å². The highest BCUT2D eigenvalue weighted by molar-refractivity contribution is 5.99. The van der Waals surface area contributed by atoms with Crippen LogP contribution in [0.3, 0.4) is 0 Å². The molecule has 0 radical (unpaired) electrons. The zero-order valence-corrected chi connectivity index (χ0v) is 14.0. The van der Waals surface area contributed by atoms with E-state index in [4.69, 9.17) is 9.47 Å². The molecular formula is C20H23NO3. The van der Waals surface area contributed by atoms with Gasteiger partial charge in [0.25, 0.3) is 5.91 Å². The molecule has 2 aromatic rings. The fourth-order valence-corrected chi connectivity index (χ4v) is 4.05. The second-order valence-electron chi connectivity index (χ2n) is 6.90. The van der Waals surface area contributed by atoms with Crippen LogP contribution >= 0.6 is 0 Å². The fraction of sp³-hybridized carbons (Fsp3) is 0.450. The molecule has 4 nitrogen and oxygen atoms in total. The van der Waals surface area contributed by atoms with Crippen LogP contribution in [0.2, 0.25) is 0 Å². The summed E-state index contributed by atoms with van der Waals surface area (Å²) in [5, 5.41) is 2.27. The zero-order valence-electron chi connectivity index (χ0n) is 14.0. The average Bonchev–Trinajstić information content (AvgIpc) is 3.01. The van der Waals surface area contributed by atoms with Gasteiger partial charge in [0.2, 0.25) is 0 Å². The standard InChI is InChI=1S/C20H23NO3/c1-23-10-8-18-9-11-24-20(18)13-21(14-20)19(22)17-7-6-15-4-2-3-5-16(15)12-17/h2-7,12,18H,8-11,13-14H2,1H3. The van der Waals surface area contributed by atoms with Crippen LogP contribution < -0.4 is 0 Å². The van der Waals surface area contributed by atoms with Gasteiger partial charge in [0.1, 0.15) is 5.60 Å². The van der Waals surface area contributed by atoms with E-state index in [0.717, 1.165) is 42.4 Å². The number of amides is 1. The summed E-state index contributed by atoms with van der Waals surface area (Å²) in [6.45, 7) is 2.96. The van der Waals surface area contributed by atoms with Crippen LogP contribution in [-0.2, 0) is 9.47 Å². The minimum atomic E-state index is -0.134. The minimum absolute atomic E-state index is 0.104. The summed E-state index contributed by atoms with van der Waals surface area (Å²) in [4.78, 5) is 14.7. The molecule has 0 saturated carbocycles. The van der Waals surface area contributed by atoms with Crippen molar-refractivity contribution in [1.82, 2.24) is 4.90 Å². The predicted octanol–water partition coefficient (Wildman–Crippen LogP) is 3.11. The second kappa shape index (κ2) is 6.19. The largest absolute Gasteiger partial charge is 0.385 e. The summed E-state index contributed by atoms with van der Waals surface area (Å²) < 4.78 is 11.2. The van der Waals surface area contributed by atoms with Crippen LogP contribution in [0.15, 0.2) is 42.5 Å². The molecule has 1 atom stereocenters. The first-order chi connectivity index (χ1) is 11.7. The molecule has 2 aliphatic rings. The van der Waals surface area contributed by atoms with Crippen molar-refractivity contribution in [2.75, 3.05) is 33.4 Å². The van der Waals surface area contributed by atoms with Crippen LogP contribution in [0.5, 0.6) is 0 Å². The SMILES string of the molecule is COCCC1CCOC12CN(C(=O)c1ccc3ccccc3c1)C2. The van der Waals surface area contributed by atoms with Crippen LogP contribution in [0.25, 0.3) is 10.8 Å². The molecule has 1 spiro atoms. The maximum absolute atomic E-state index is 12.8. The van der Waals surface area contributed by atoms with Crippen LogP contribution in [0.1, 0.15) is 23.2 Å². The quantitative estimate of drug-likeness (QED) is 0.867. The van der Waals surface area contributed by atoms with Gasteiger partial charge in [-0.1, -0.05) is 30.3 Å². The molecular weight excluding hydrogens is 302 g/mol.